The number of nitrogens with zero attached hydrogens (tertiary/aromatic N) is 3. The van der Waals surface area contributed by atoms with Gasteiger partial charge in [-0.15, -0.1) is 0 Å². The number of carbonyl (C=O) groups is 1. The molecule has 0 fully saturated rings. The van der Waals surface area contributed by atoms with E-state index < -0.39 is 27.3 Å². The molecule has 0 aliphatic heterocycles. The molecule has 0 amide bonds. The van der Waals surface area contributed by atoms with E-state index in [4.69, 9.17) is 16.9 Å². The number of aromatic nitrogens is 1. The van der Waals surface area contributed by atoms with Crippen molar-refractivity contribution in [2.24, 2.45) is 4.36 Å². The molecule has 10 heteroatoms. The number of Topliss-reactive ketones (excluding diaryl/α,β-unsaturated/α-hetero) is 1. The highest BCUT2D eigenvalue weighted by molar-refractivity contribution is 7.92. The van der Waals surface area contributed by atoms with Crippen LogP contribution in [0.15, 0.2) is 63.8 Å². The second-order valence-electron chi connectivity index (χ2n) is 5.28. The van der Waals surface area contributed by atoms with Crippen LogP contribution in [0.1, 0.15) is 15.9 Å². The lowest BCUT2D eigenvalue weighted by Crippen LogP contribution is -2.08. The summed E-state index contributed by atoms with van der Waals surface area (Å²) >= 11 is 5.73. The van der Waals surface area contributed by atoms with Gasteiger partial charge in [-0.3, -0.25) is 4.79 Å². The number of alkyl halides is 3. The summed E-state index contributed by atoms with van der Waals surface area (Å²) in [7, 11) is -3.25. The molecule has 0 aliphatic carbocycles. The molecule has 1 atom stereocenters. The van der Waals surface area contributed by atoms with E-state index in [1.807, 2.05) is 0 Å². The topological polar surface area (TPSA) is 83.2 Å². The van der Waals surface area contributed by atoms with Crippen LogP contribution in [0.3, 0.4) is 0 Å². The molecule has 1 aromatic carbocycles. The van der Waals surface area contributed by atoms with Gasteiger partial charge in [-0.25, -0.2) is 13.6 Å². The van der Waals surface area contributed by atoms with Crippen molar-refractivity contribution < 1.29 is 22.2 Å². The van der Waals surface area contributed by atoms with Crippen LogP contribution in [0.25, 0.3) is 0 Å². The van der Waals surface area contributed by atoms with Crippen LogP contribution in [0.4, 0.5) is 13.2 Å². The SMILES string of the molecule is C[S@@](=O)(=N/C=C(\C#N)C(=O)c1ccc(Cl)cc1)c1ccc(C(F)(F)F)cn1. The minimum atomic E-state index is -4.57. The molecule has 27 heavy (non-hydrogen) atoms. The van der Waals surface area contributed by atoms with Gasteiger partial charge in [-0.05, 0) is 36.4 Å². The molecule has 5 nitrogen and oxygen atoms in total. The third kappa shape index (κ3) is 5.15. The van der Waals surface area contributed by atoms with E-state index in [9.17, 15) is 22.2 Å². The predicted molar refractivity (Wildman–Crippen MR) is 93.5 cm³/mol. The molecule has 0 N–H and O–H groups in total. The quantitative estimate of drug-likeness (QED) is 0.419. The molecule has 2 aromatic rings. The third-order valence-corrected chi connectivity index (χ3v) is 5.08. The molecule has 0 saturated heterocycles. The molecule has 0 radical (unpaired) electrons. The first kappa shape index (κ1) is 20.6. The maximum Gasteiger partial charge on any atom is 0.417 e. The van der Waals surface area contributed by atoms with E-state index in [0.29, 0.717) is 11.2 Å². The standard InChI is InChI=1S/C17H11ClF3N3O2S/c1-27(26,15-7-4-13(10-23-15)17(19,20)21)24-9-12(8-22)16(25)11-2-5-14(18)6-3-11/h2-7,9-10H,1H3/b12-9+/t27-/m0/s1. The van der Waals surface area contributed by atoms with Gasteiger partial charge in [0.1, 0.15) is 16.7 Å². The summed E-state index contributed by atoms with van der Waals surface area (Å²) in [6.45, 7) is 0. The molecule has 0 spiro atoms. The van der Waals surface area contributed by atoms with Gasteiger partial charge in [0.25, 0.3) is 0 Å². The van der Waals surface area contributed by atoms with E-state index in [1.54, 1.807) is 6.07 Å². The average molecular weight is 414 g/mol. The number of allylic oxidation sites excluding steroid dienone is 1. The number of halogens is 4. The average Bonchev–Trinajstić information content (AvgIpc) is 2.62. The van der Waals surface area contributed by atoms with Crippen LogP contribution in [-0.2, 0) is 15.9 Å². The highest BCUT2D eigenvalue weighted by Crippen LogP contribution is 2.29. The van der Waals surface area contributed by atoms with Gasteiger partial charge in [-0.1, -0.05) is 11.6 Å². The van der Waals surface area contributed by atoms with E-state index in [0.717, 1.165) is 24.6 Å². The van der Waals surface area contributed by atoms with Gasteiger partial charge in [0.15, 0.2) is 0 Å². The number of pyridine rings is 1. The van der Waals surface area contributed by atoms with Crippen LogP contribution in [0, 0.1) is 11.3 Å². The Balaban J connectivity index is 2.36. The Kier molecular flexibility index (Phi) is 6.03. The lowest BCUT2D eigenvalue weighted by Gasteiger charge is -2.07. The maximum absolute atomic E-state index is 12.6. The van der Waals surface area contributed by atoms with Crippen molar-refractivity contribution in [1.29, 1.82) is 5.26 Å². The summed E-state index contributed by atoms with van der Waals surface area (Å²) in [6.07, 6.45) is -2.06. The summed E-state index contributed by atoms with van der Waals surface area (Å²) in [5.74, 6) is -0.659. The van der Waals surface area contributed by atoms with Crippen molar-refractivity contribution in [3.8, 4) is 6.07 Å². The fourth-order valence-corrected chi connectivity index (χ4v) is 2.98. The Morgan fingerprint density at radius 3 is 2.37 bits per heavy atom. The third-order valence-electron chi connectivity index (χ3n) is 3.31. The first-order valence-electron chi connectivity index (χ1n) is 7.19. The summed E-state index contributed by atoms with van der Waals surface area (Å²) in [6, 6.07) is 9.09. The number of carbonyl (C=O) groups excluding carboxylic acids is 1. The lowest BCUT2D eigenvalue weighted by molar-refractivity contribution is -0.137. The summed E-state index contributed by atoms with van der Waals surface area (Å²) in [5.41, 5.74) is -1.20. The molecule has 1 aromatic heterocycles. The van der Waals surface area contributed by atoms with Gasteiger partial charge in [0.05, 0.1) is 21.5 Å². The Labute approximate surface area is 158 Å². The van der Waals surface area contributed by atoms with Crippen molar-refractivity contribution in [2.75, 3.05) is 6.26 Å². The highest BCUT2D eigenvalue weighted by Gasteiger charge is 2.31. The van der Waals surface area contributed by atoms with Crippen LogP contribution in [0.2, 0.25) is 5.02 Å². The minimum Gasteiger partial charge on any atom is -0.288 e. The first-order chi connectivity index (χ1) is 12.5. The molecule has 0 saturated carbocycles. The molecule has 0 bridgehead atoms. The van der Waals surface area contributed by atoms with E-state index in [2.05, 4.69) is 9.35 Å². The smallest absolute Gasteiger partial charge is 0.288 e. The van der Waals surface area contributed by atoms with Gasteiger partial charge in [0, 0.05) is 23.0 Å². The first-order valence-corrected chi connectivity index (χ1v) is 9.50. The summed E-state index contributed by atoms with van der Waals surface area (Å²) in [4.78, 5) is 15.8. The highest BCUT2D eigenvalue weighted by atomic mass is 35.5. The number of hydrogen-bond acceptors (Lipinski definition) is 5. The molecule has 140 valence electrons. The van der Waals surface area contributed by atoms with Gasteiger partial charge < -0.3 is 0 Å². The Bertz CT molecular complexity index is 1050. The molecule has 0 aliphatic rings. The van der Waals surface area contributed by atoms with Gasteiger partial charge >= 0.3 is 6.18 Å². The minimum absolute atomic E-state index is 0.178. The zero-order valence-electron chi connectivity index (χ0n) is 13.7. The molecule has 1 heterocycles. The van der Waals surface area contributed by atoms with Crippen LogP contribution >= 0.6 is 11.6 Å². The zero-order chi connectivity index (χ0) is 20.2. The Hall–Kier alpha value is -2.70. The van der Waals surface area contributed by atoms with Gasteiger partial charge in [0.2, 0.25) is 5.78 Å². The fourth-order valence-electron chi connectivity index (χ4n) is 1.87. The summed E-state index contributed by atoms with van der Waals surface area (Å²) in [5, 5.41) is 9.35. The fraction of sp³-hybridized carbons (Fsp3) is 0.118. The monoisotopic (exact) mass is 413 g/mol. The van der Waals surface area contributed by atoms with E-state index in [1.165, 1.54) is 24.3 Å². The normalized spacial score (nSPS) is 14.1. The molecular formula is C17H11ClF3N3O2S. The van der Waals surface area contributed by atoms with Crippen LogP contribution < -0.4 is 0 Å². The lowest BCUT2D eigenvalue weighted by atomic mass is 10.1. The van der Waals surface area contributed by atoms with Crippen molar-refractivity contribution >= 4 is 27.1 Å². The van der Waals surface area contributed by atoms with Crippen molar-refractivity contribution in [3.05, 3.63) is 70.5 Å². The molecule has 0 unspecified atom stereocenters. The number of ketones is 1. The number of benzene rings is 1. The second-order valence-corrected chi connectivity index (χ2v) is 7.95. The predicted octanol–water partition coefficient (Wildman–Crippen LogP) is 4.50. The van der Waals surface area contributed by atoms with Crippen LogP contribution in [0.5, 0.6) is 0 Å². The van der Waals surface area contributed by atoms with Crippen molar-refractivity contribution in [1.82, 2.24) is 4.98 Å². The van der Waals surface area contributed by atoms with E-state index in [-0.39, 0.29) is 16.2 Å². The van der Waals surface area contributed by atoms with Crippen LogP contribution in [-0.4, -0.2) is 21.2 Å². The largest absolute Gasteiger partial charge is 0.417 e. The Morgan fingerprint density at radius 2 is 1.89 bits per heavy atom. The maximum atomic E-state index is 12.6. The zero-order valence-corrected chi connectivity index (χ0v) is 15.3. The number of rotatable bonds is 4. The van der Waals surface area contributed by atoms with Crippen molar-refractivity contribution in [3.63, 3.8) is 0 Å². The second kappa shape index (κ2) is 7.90. The number of nitriles is 1. The number of hydrogen-bond donors (Lipinski definition) is 0. The molecular weight excluding hydrogens is 403 g/mol. The Morgan fingerprint density at radius 1 is 1.26 bits per heavy atom. The van der Waals surface area contributed by atoms with E-state index >= 15 is 0 Å². The van der Waals surface area contributed by atoms with Gasteiger partial charge in [-0.2, -0.15) is 18.4 Å². The molecule has 2 rings (SSSR count). The van der Waals surface area contributed by atoms with Crippen molar-refractivity contribution in [2.45, 2.75) is 11.2 Å². The summed E-state index contributed by atoms with van der Waals surface area (Å²) < 4.78 is 54.0.